The van der Waals surface area contributed by atoms with Crippen LogP contribution in [0.4, 0.5) is 0 Å². The number of nitrogens with one attached hydrogen (secondary N) is 1. The number of ether oxygens (including phenoxy) is 1. The summed E-state index contributed by atoms with van der Waals surface area (Å²) in [7, 11) is 0. The fourth-order valence-corrected chi connectivity index (χ4v) is 1.88. The van der Waals surface area contributed by atoms with Crippen molar-refractivity contribution in [2.75, 3.05) is 6.61 Å². The lowest BCUT2D eigenvalue weighted by atomic mass is 10.2. The van der Waals surface area contributed by atoms with E-state index in [0.29, 0.717) is 6.10 Å². The van der Waals surface area contributed by atoms with Gasteiger partial charge in [0.25, 0.3) is 0 Å². The molecule has 78 valence electrons. The van der Waals surface area contributed by atoms with Crippen LogP contribution in [-0.2, 0) is 11.2 Å². The number of hydrogen-bond donors (Lipinski definition) is 1. The van der Waals surface area contributed by atoms with E-state index in [4.69, 9.17) is 4.74 Å². The van der Waals surface area contributed by atoms with Gasteiger partial charge < -0.3 is 9.72 Å². The molecule has 0 aliphatic carbocycles. The Morgan fingerprint density at radius 2 is 2.47 bits per heavy atom. The highest BCUT2D eigenvalue weighted by Gasteiger charge is 2.17. The molecule has 1 aliphatic heterocycles. The Kier molecular flexibility index (Phi) is 2.10. The first-order valence-corrected chi connectivity index (χ1v) is 5.18. The zero-order chi connectivity index (χ0) is 10.1. The van der Waals surface area contributed by atoms with Crippen LogP contribution in [0.25, 0.3) is 11.2 Å². The third kappa shape index (κ3) is 1.70. The third-order valence-corrected chi connectivity index (χ3v) is 2.66. The summed E-state index contributed by atoms with van der Waals surface area (Å²) in [6.07, 6.45) is 6.76. The van der Waals surface area contributed by atoms with Crippen molar-refractivity contribution < 1.29 is 4.74 Å². The SMILES string of the molecule is c1nc2nc(C[C@@H]3CCCO3)ncc2[nH]1. The summed E-state index contributed by atoms with van der Waals surface area (Å²) in [6.45, 7) is 0.870. The quantitative estimate of drug-likeness (QED) is 0.794. The Morgan fingerprint density at radius 1 is 1.47 bits per heavy atom. The summed E-state index contributed by atoms with van der Waals surface area (Å²) < 4.78 is 5.54. The number of H-pyrrole nitrogens is 1. The van der Waals surface area contributed by atoms with Crippen molar-refractivity contribution in [3.63, 3.8) is 0 Å². The molecule has 0 saturated carbocycles. The highest BCUT2D eigenvalue weighted by molar-refractivity contribution is 5.68. The lowest BCUT2D eigenvalue weighted by Crippen LogP contribution is -2.11. The first kappa shape index (κ1) is 8.79. The fourth-order valence-electron chi connectivity index (χ4n) is 1.88. The van der Waals surface area contributed by atoms with Crippen molar-refractivity contribution in [3.8, 4) is 0 Å². The molecule has 1 atom stereocenters. The van der Waals surface area contributed by atoms with Gasteiger partial charge in [-0.3, -0.25) is 0 Å². The second-order valence-electron chi connectivity index (χ2n) is 3.77. The lowest BCUT2D eigenvalue weighted by Gasteiger charge is -2.06. The Balaban J connectivity index is 1.84. The number of nitrogens with zero attached hydrogens (tertiary/aromatic N) is 3. The summed E-state index contributed by atoms with van der Waals surface area (Å²) >= 11 is 0. The van der Waals surface area contributed by atoms with E-state index in [1.54, 1.807) is 12.5 Å². The van der Waals surface area contributed by atoms with Crippen LogP contribution in [0.1, 0.15) is 18.7 Å². The molecule has 0 bridgehead atoms. The molecular weight excluding hydrogens is 192 g/mol. The number of imidazole rings is 1. The van der Waals surface area contributed by atoms with Crippen LogP contribution < -0.4 is 0 Å². The molecule has 0 spiro atoms. The van der Waals surface area contributed by atoms with E-state index in [9.17, 15) is 0 Å². The molecule has 0 amide bonds. The third-order valence-electron chi connectivity index (χ3n) is 2.66. The van der Waals surface area contributed by atoms with Crippen LogP contribution in [0.2, 0.25) is 0 Å². The molecule has 3 rings (SSSR count). The van der Waals surface area contributed by atoms with E-state index in [1.807, 2.05) is 0 Å². The van der Waals surface area contributed by atoms with Crippen LogP contribution in [0.3, 0.4) is 0 Å². The monoisotopic (exact) mass is 204 g/mol. The molecule has 1 N–H and O–H groups in total. The predicted octanol–water partition coefficient (Wildman–Crippen LogP) is 1.07. The number of aromatic amines is 1. The van der Waals surface area contributed by atoms with Gasteiger partial charge in [-0.2, -0.15) is 0 Å². The van der Waals surface area contributed by atoms with Gasteiger partial charge in [0, 0.05) is 13.0 Å². The maximum atomic E-state index is 5.54. The van der Waals surface area contributed by atoms with Gasteiger partial charge >= 0.3 is 0 Å². The van der Waals surface area contributed by atoms with Gasteiger partial charge in [-0.05, 0) is 12.8 Å². The molecule has 3 heterocycles. The van der Waals surface area contributed by atoms with Crippen molar-refractivity contribution in [3.05, 3.63) is 18.3 Å². The predicted molar refractivity (Wildman–Crippen MR) is 54.4 cm³/mol. The Hall–Kier alpha value is -1.49. The van der Waals surface area contributed by atoms with E-state index in [-0.39, 0.29) is 0 Å². The minimum atomic E-state index is 0.293. The molecule has 1 fully saturated rings. The minimum absolute atomic E-state index is 0.293. The van der Waals surface area contributed by atoms with E-state index < -0.39 is 0 Å². The van der Waals surface area contributed by atoms with Gasteiger partial charge in [-0.1, -0.05) is 0 Å². The average molecular weight is 204 g/mol. The first-order chi connectivity index (χ1) is 7.42. The van der Waals surface area contributed by atoms with Crippen molar-refractivity contribution in [1.82, 2.24) is 19.9 Å². The molecule has 0 unspecified atom stereocenters. The molecule has 2 aromatic rings. The maximum absolute atomic E-state index is 5.54. The summed E-state index contributed by atoms with van der Waals surface area (Å²) in [5.41, 5.74) is 1.61. The molecule has 15 heavy (non-hydrogen) atoms. The fraction of sp³-hybridized carbons (Fsp3) is 0.500. The largest absolute Gasteiger partial charge is 0.378 e. The molecule has 1 aliphatic rings. The smallest absolute Gasteiger partial charge is 0.180 e. The Bertz CT molecular complexity index is 461. The van der Waals surface area contributed by atoms with Crippen molar-refractivity contribution in [2.45, 2.75) is 25.4 Å². The van der Waals surface area contributed by atoms with Gasteiger partial charge in [0.05, 0.1) is 18.6 Å². The molecule has 2 aromatic heterocycles. The topological polar surface area (TPSA) is 63.7 Å². The number of aromatic nitrogens is 4. The number of fused-ring (bicyclic) bond motifs is 1. The van der Waals surface area contributed by atoms with Gasteiger partial charge in [0.1, 0.15) is 11.3 Å². The van der Waals surface area contributed by atoms with Crippen LogP contribution in [0.5, 0.6) is 0 Å². The number of rotatable bonds is 2. The summed E-state index contributed by atoms with van der Waals surface area (Å²) in [5, 5.41) is 0. The molecular formula is C10H12N4O. The molecule has 1 saturated heterocycles. The van der Waals surface area contributed by atoms with Crippen molar-refractivity contribution in [1.29, 1.82) is 0 Å². The minimum Gasteiger partial charge on any atom is -0.378 e. The standard InChI is InChI=1S/C10H12N4O/c1-2-7(15-3-1)4-9-11-5-8-10(14-9)13-6-12-8/h5-7H,1-4H2,(H,11,12,13,14)/t7-/m0/s1. The average Bonchev–Trinajstić information content (AvgIpc) is 2.87. The summed E-state index contributed by atoms with van der Waals surface area (Å²) in [4.78, 5) is 15.7. The Morgan fingerprint density at radius 3 is 3.33 bits per heavy atom. The molecule has 5 nitrogen and oxygen atoms in total. The second kappa shape index (κ2) is 3.58. The van der Waals surface area contributed by atoms with Crippen LogP contribution in [0, 0.1) is 0 Å². The van der Waals surface area contributed by atoms with Gasteiger partial charge in [-0.15, -0.1) is 0 Å². The Labute approximate surface area is 86.9 Å². The summed E-state index contributed by atoms with van der Waals surface area (Å²) in [5.74, 6) is 0.821. The lowest BCUT2D eigenvalue weighted by molar-refractivity contribution is 0.110. The normalized spacial score (nSPS) is 21.2. The maximum Gasteiger partial charge on any atom is 0.180 e. The first-order valence-electron chi connectivity index (χ1n) is 5.18. The van der Waals surface area contributed by atoms with E-state index in [1.165, 1.54) is 0 Å². The molecule has 0 radical (unpaired) electrons. The van der Waals surface area contributed by atoms with Crippen molar-refractivity contribution >= 4 is 11.2 Å². The highest BCUT2D eigenvalue weighted by Crippen LogP contribution is 2.15. The molecule has 0 aromatic carbocycles. The van der Waals surface area contributed by atoms with Crippen LogP contribution in [-0.4, -0.2) is 32.6 Å². The number of hydrogen-bond acceptors (Lipinski definition) is 4. The van der Waals surface area contributed by atoms with Gasteiger partial charge in [-0.25, -0.2) is 15.0 Å². The van der Waals surface area contributed by atoms with E-state index in [0.717, 1.165) is 42.9 Å². The summed E-state index contributed by atoms with van der Waals surface area (Å²) in [6, 6.07) is 0. The second-order valence-corrected chi connectivity index (χ2v) is 3.77. The molecule has 5 heteroatoms. The van der Waals surface area contributed by atoms with Gasteiger partial charge in [0.15, 0.2) is 5.65 Å². The van der Waals surface area contributed by atoms with E-state index >= 15 is 0 Å². The zero-order valence-corrected chi connectivity index (χ0v) is 8.31. The van der Waals surface area contributed by atoms with Crippen LogP contribution in [0.15, 0.2) is 12.5 Å². The van der Waals surface area contributed by atoms with Gasteiger partial charge in [0.2, 0.25) is 0 Å². The van der Waals surface area contributed by atoms with Crippen LogP contribution >= 0.6 is 0 Å². The zero-order valence-electron chi connectivity index (χ0n) is 8.31. The van der Waals surface area contributed by atoms with Crippen molar-refractivity contribution in [2.24, 2.45) is 0 Å². The highest BCUT2D eigenvalue weighted by atomic mass is 16.5. The van der Waals surface area contributed by atoms with E-state index in [2.05, 4.69) is 19.9 Å².